The minimum absolute atomic E-state index is 0.356. The zero-order chi connectivity index (χ0) is 11.7. The van der Waals surface area contributed by atoms with Crippen LogP contribution in [0.1, 0.15) is 30.3 Å². The number of H-pyrrole nitrogens is 1. The highest BCUT2D eigenvalue weighted by Crippen LogP contribution is 2.33. The number of aromatic amines is 1. The van der Waals surface area contributed by atoms with Gasteiger partial charge in [0.05, 0.1) is 17.4 Å². The van der Waals surface area contributed by atoms with E-state index in [0.717, 1.165) is 30.2 Å². The monoisotopic (exact) mass is 229 g/mol. The Labute approximate surface area is 99.9 Å². The summed E-state index contributed by atoms with van der Waals surface area (Å²) in [5, 5.41) is 15.5. The Kier molecular flexibility index (Phi) is 2.51. The summed E-state index contributed by atoms with van der Waals surface area (Å²) in [6, 6.07) is 6.43. The van der Waals surface area contributed by atoms with Gasteiger partial charge in [0.1, 0.15) is 0 Å². The maximum absolute atomic E-state index is 4.26. The van der Waals surface area contributed by atoms with Crippen molar-refractivity contribution in [1.82, 2.24) is 20.4 Å². The number of rotatable bonds is 2. The second-order valence-corrected chi connectivity index (χ2v) is 4.40. The minimum atomic E-state index is 0.356. The van der Waals surface area contributed by atoms with Gasteiger partial charge in [-0.2, -0.15) is 10.2 Å². The maximum Gasteiger partial charge on any atom is 0.151 e. The van der Waals surface area contributed by atoms with Crippen LogP contribution in [0.5, 0.6) is 0 Å². The van der Waals surface area contributed by atoms with E-state index in [4.69, 9.17) is 0 Å². The zero-order valence-corrected chi connectivity index (χ0v) is 9.80. The lowest BCUT2D eigenvalue weighted by atomic mass is 10.1. The van der Waals surface area contributed by atoms with E-state index < -0.39 is 0 Å². The van der Waals surface area contributed by atoms with Crippen LogP contribution < -0.4 is 4.90 Å². The molecule has 1 aliphatic heterocycles. The van der Waals surface area contributed by atoms with Crippen molar-refractivity contribution in [2.24, 2.45) is 0 Å². The van der Waals surface area contributed by atoms with E-state index in [1.54, 1.807) is 6.20 Å². The highest BCUT2D eigenvalue weighted by Gasteiger charge is 2.28. The molecule has 1 N–H and O–H groups in total. The van der Waals surface area contributed by atoms with E-state index in [9.17, 15) is 0 Å². The van der Waals surface area contributed by atoms with Gasteiger partial charge in [0.2, 0.25) is 0 Å². The van der Waals surface area contributed by atoms with Gasteiger partial charge in [0.25, 0.3) is 0 Å². The van der Waals surface area contributed by atoms with E-state index in [1.807, 2.05) is 25.1 Å². The molecule has 1 aliphatic rings. The van der Waals surface area contributed by atoms with Crippen molar-refractivity contribution < 1.29 is 0 Å². The quantitative estimate of drug-likeness (QED) is 0.853. The van der Waals surface area contributed by atoms with Gasteiger partial charge in [-0.3, -0.25) is 5.10 Å². The summed E-state index contributed by atoms with van der Waals surface area (Å²) in [5.74, 6) is 0.952. The van der Waals surface area contributed by atoms with Crippen LogP contribution in [-0.4, -0.2) is 26.9 Å². The molecule has 5 nitrogen and oxygen atoms in total. The predicted molar refractivity (Wildman–Crippen MR) is 64.7 cm³/mol. The first-order chi connectivity index (χ1) is 8.34. The van der Waals surface area contributed by atoms with Crippen LogP contribution in [0.25, 0.3) is 0 Å². The molecule has 1 atom stereocenters. The Hall–Kier alpha value is -1.91. The molecule has 17 heavy (non-hydrogen) atoms. The van der Waals surface area contributed by atoms with Crippen molar-refractivity contribution in [2.45, 2.75) is 25.8 Å². The Morgan fingerprint density at radius 3 is 2.94 bits per heavy atom. The molecule has 5 heteroatoms. The highest BCUT2D eigenvalue weighted by atomic mass is 15.3. The van der Waals surface area contributed by atoms with Crippen molar-refractivity contribution in [1.29, 1.82) is 0 Å². The molecule has 3 heterocycles. The van der Waals surface area contributed by atoms with Crippen LogP contribution in [0.15, 0.2) is 24.4 Å². The topological polar surface area (TPSA) is 57.7 Å². The molecule has 0 aliphatic carbocycles. The number of nitrogens with one attached hydrogen (secondary N) is 1. The summed E-state index contributed by atoms with van der Waals surface area (Å²) in [6.07, 6.45) is 4.11. The van der Waals surface area contributed by atoms with Gasteiger partial charge < -0.3 is 4.90 Å². The van der Waals surface area contributed by atoms with Gasteiger partial charge in [-0.15, -0.1) is 5.10 Å². The lowest BCUT2D eigenvalue weighted by Crippen LogP contribution is -2.24. The van der Waals surface area contributed by atoms with Gasteiger partial charge in [-0.1, -0.05) is 0 Å². The SMILES string of the molecule is Cc1ccc(N2CCCC2c2ccn[nH]2)nn1. The van der Waals surface area contributed by atoms with Gasteiger partial charge in [0.15, 0.2) is 5.82 Å². The van der Waals surface area contributed by atoms with Crippen LogP contribution in [-0.2, 0) is 0 Å². The molecule has 0 spiro atoms. The summed E-state index contributed by atoms with van der Waals surface area (Å²) in [5.41, 5.74) is 2.11. The summed E-state index contributed by atoms with van der Waals surface area (Å²) in [7, 11) is 0. The van der Waals surface area contributed by atoms with Gasteiger partial charge in [-0.25, -0.2) is 0 Å². The number of aryl methyl sites for hydroxylation is 1. The first-order valence-electron chi connectivity index (χ1n) is 5.91. The molecule has 1 unspecified atom stereocenters. The molecule has 3 rings (SSSR count). The molecule has 1 fully saturated rings. The Bertz CT molecular complexity index is 476. The fourth-order valence-corrected chi connectivity index (χ4v) is 2.36. The van der Waals surface area contributed by atoms with Crippen molar-refractivity contribution >= 4 is 5.82 Å². The van der Waals surface area contributed by atoms with Crippen molar-refractivity contribution in [3.05, 3.63) is 35.8 Å². The van der Waals surface area contributed by atoms with Crippen molar-refractivity contribution in [3.63, 3.8) is 0 Å². The summed E-state index contributed by atoms with van der Waals surface area (Å²) < 4.78 is 0. The van der Waals surface area contributed by atoms with E-state index in [0.29, 0.717) is 6.04 Å². The summed E-state index contributed by atoms with van der Waals surface area (Å²) >= 11 is 0. The van der Waals surface area contributed by atoms with Crippen LogP contribution >= 0.6 is 0 Å². The normalized spacial score (nSPS) is 19.8. The maximum atomic E-state index is 4.26. The fourth-order valence-electron chi connectivity index (χ4n) is 2.36. The number of hydrogen-bond donors (Lipinski definition) is 1. The minimum Gasteiger partial charge on any atom is -0.347 e. The highest BCUT2D eigenvalue weighted by molar-refractivity contribution is 5.41. The summed E-state index contributed by atoms with van der Waals surface area (Å²) in [4.78, 5) is 2.29. The number of anilines is 1. The molecule has 88 valence electrons. The summed E-state index contributed by atoms with van der Waals surface area (Å²) in [6.45, 7) is 2.98. The zero-order valence-electron chi connectivity index (χ0n) is 9.80. The lowest BCUT2D eigenvalue weighted by Gasteiger charge is -2.24. The average Bonchev–Trinajstić information content (AvgIpc) is 3.00. The largest absolute Gasteiger partial charge is 0.347 e. The van der Waals surface area contributed by atoms with E-state index >= 15 is 0 Å². The third-order valence-electron chi connectivity index (χ3n) is 3.21. The molecule has 2 aromatic heterocycles. The van der Waals surface area contributed by atoms with Crippen LogP contribution in [0.4, 0.5) is 5.82 Å². The second-order valence-electron chi connectivity index (χ2n) is 4.40. The van der Waals surface area contributed by atoms with Gasteiger partial charge >= 0.3 is 0 Å². The fraction of sp³-hybridized carbons (Fsp3) is 0.417. The Morgan fingerprint density at radius 2 is 2.24 bits per heavy atom. The number of aromatic nitrogens is 4. The number of nitrogens with zero attached hydrogens (tertiary/aromatic N) is 4. The van der Waals surface area contributed by atoms with E-state index in [-0.39, 0.29) is 0 Å². The van der Waals surface area contributed by atoms with Crippen LogP contribution in [0.3, 0.4) is 0 Å². The van der Waals surface area contributed by atoms with Gasteiger partial charge in [-0.05, 0) is 38.0 Å². The van der Waals surface area contributed by atoms with Crippen molar-refractivity contribution in [2.75, 3.05) is 11.4 Å². The predicted octanol–water partition coefficient (Wildman–Crippen LogP) is 1.85. The molecule has 0 amide bonds. The molecular weight excluding hydrogens is 214 g/mol. The third-order valence-corrected chi connectivity index (χ3v) is 3.21. The van der Waals surface area contributed by atoms with Crippen LogP contribution in [0, 0.1) is 6.92 Å². The third kappa shape index (κ3) is 1.88. The first-order valence-corrected chi connectivity index (χ1v) is 5.91. The molecule has 0 aromatic carbocycles. The molecule has 0 saturated carbocycles. The van der Waals surface area contributed by atoms with Gasteiger partial charge in [0, 0.05) is 12.7 Å². The molecule has 0 bridgehead atoms. The second kappa shape index (κ2) is 4.16. The molecule has 1 saturated heterocycles. The molecular formula is C12H15N5. The first kappa shape index (κ1) is 10.3. The van der Waals surface area contributed by atoms with E-state index in [2.05, 4.69) is 25.3 Å². The molecule has 2 aromatic rings. The molecule has 0 radical (unpaired) electrons. The average molecular weight is 229 g/mol. The van der Waals surface area contributed by atoms with Crippen LogP contribution in [0.2, 0.25) is 0 Å². The lowest BCUT2D eigenvalue weighted by molar-refractivity contribution is 0.678. The van der Waals surface area contributed by atoms with E-state index in [1.165, 1.54) is 6.42 Å². The Morgan fingerprint density at radius 1 is 1.29 bits per heavy atom. The smallest absolute Gasteiger partial charge is 0.151 e. The van der Waals surface area contributed by atoms with Crippen molar-refractivity contribution in [3.8, 4) is 0 Å². The number of hydrogen-bond acceptors (Lipinski definition) is 4. The Balaban J connectivity index is 1.89. The standard InChI is InChI=1S/C12H15N5/c1-9-4-5-12(16-14-9)17-8-2-3-11(17)10-6-7-13-15-10/h4-7,11H,2-3,8H2,1H3,(H,13,15).